The number of piperidine rings is 1. The number of hydrogen-bond donors (Lipinski definition) is 1. The lowest BCUT2D eigenvalue weighted by atomic mass is 10.0. The van der Waals surface area contributed by atoms with Crippen LogP contribution in [-0.2, 0) is 4.79 Å². The number of para-hydroxylation sites is 1. The van der Waals surface area contributed by atoms with E-state index in [0.29, 0.717) is 11.3 Å². The number of likely N-dealkylation sites (N-methyl/N-ethyl adjacent to an activating group) is 1. The van der Waals surface area contributed by atoms with Crippen LogP contribution in [0.3, 0.4) is 0 Å². The number of carbonyl (C=O) groups excluding carboxylic acids is 2. The first kappa shape index (κ1) is 16.0. The molecule has 3 rings (SSSR count). The first-order valence-corrected chi connectivity index (χ1v) is 8.42. The van der Waals surface area contributed by atoms with Crippen molar-refractivity contribution in [3.05, 3.63) is 29.8 Å². The zero-order valence-corrected chi connectivity index (χ0v) is 13.9. The molecular formula is C18H25N3O2. The molecule has 1 aromatic rings. The predicted octanol–water partition coefficient (Wildman–Crippen LogP) is 1.88. The van der Waals surface area contributed by atoms with Crippen LogP contribution in [0.2, 0.25) is 0 Å². The number of nitrogens with zero attached hydrogens (tertiary/aromatic N) is 2. The molecule has 2 fully saturated rings. The maximum absolute atomic E-state index is 12.7. The van der Waals surface area contributed by atoms with E-state index in [0.717, 1.165) is 38.8 Å². The number of nitrogens with one attached hydrogen (secondary N) is 1. The summed E-state index contributed by atoms with van der Waals surface area (Å²) in [5.74, 6) is 0.169. The van der Waals surface area contributed by atoms with Crippen molar-refractivity contribution in [2.24, 2.45) is 5.92 Å². The van der Waals surface area contributed by atoms with Crippen molar-refractivity contribution in [1.29, 1.82) is 0 Å². The van der Waals surface area contributed by atoms with E-state index < -0.39 is 0 Å². The summed E-state index contributed by atoms with van der Waals surface area (Å²) >= 11 is 0. The Kier molecular flexibility index (Phi) is 4.66. The van der Waals surface area contributed by atoms with Crippen LogP contribution in [-0.4, -0.2) is 49.9 Å². The number of hydrogen-bond acceptors (Lipinski definition) is 3. The molecule has 124 valence electrons. The molecule has 1 N–H and O–H groups in total. The third-order valence-electron chi connectivity index (χ3n) is 4.73. The van der Waals surface area contributed by atoms with Crippen molar-refractivity contribution in [1.82, 2.24) is 10.2 Å². The van der Waals surface area contributed by atoms with Crippen molar-refractivity contribution in [2.75, 3.05) is 32.1 Å². The zero-order valence-electron chi connectivity index (χ0n) is 13.9. The number of carbonyl (C=O) groups is 2. The Labute approximate surface area is 137 Å². The third kappa shape index (κ3) is 3.72. The third-order valence-corrected chi connectivity index (χ3v) is 4.73. The molecule has 1 saturated heterocycles. The number of amides is 2. The molecule has 1 aliphatic carbocycles. The molecule has 1 heterocycles. The van der Waals surface area contributed by atoms with Crippen LogP contribution >= 0.6 is 0 Å². The minimum absolute atomic E-state index is 0.0867. The Balaban J connectivity index is 1.73. The van der Waals surface area contributed by atoms with E-state index in [2.05, 4.69) is 17.3 Å². The second-order valence-electron chi connectivity index (χ2n) is 6.76. The second kappa shape index (κ2) is 6.71. The molecule has 5 nitrogen and oxygen atoms in total. The fourth-order valence-corrected chi connectivity index (χ4v) is 3.23. The van der Waals surface area contributed by atoms with Crippen LogP contribution in [0.25, 0.3) is 0 Å². The molecule has 2 amide bonds. The van der Waals surface area contributed by atoms with E-state index in [1.54, 1.807) is 18.0 Å². The van der Waals surface area contributed by atoms with Crippen LogP contribution in [0.1, 0.15) is 36.0 Å². The summed E-state index contributed by atoms with van der Waals surface area (Å²) in [6.45, 7) is 1.96. The lowest BCUT2D eigenvalue weighted by Crippen LogP contribution is -2.46. The number of benzene rings is 1. The number of anilines is 1. The summed E-state index contributed by atoms with van der Waals surface area (Å²) < 4.78 is 0. The van der Waals surface area contributed by atoms with E-state index in [-0.39, 0.29) is 23.8 Å². The molecular weight excluding hydrogens is 290 g/mol. The fourth-order valence-electron chi connectivity index (χ4n) is 3.23. The molecule has 0 bridgehead atoms. The van der Waals surface area contributed by atoms with Crippen LogP contribution in [0.15, 0.2) is 24.3 Å². The van der Waals surface area contributed by atoms with Crippen LogP contribution in [0, 0.1) is 5.92 Å². The minimum Gasteiger partial charge on any atom is -0.348 e. The molecule has 23 heavy (non-hydrogen) atoms. The molecule has 1 saturated carbocycles. The van der Waals surface area contributed by atoms with Gasteiger partial charge in [-0.15, -0.1) is 0 Å². The van der Waals surface area contributed by atoms with Crippen LogP contribution < -0.4 is 10.2 Å². The second-order valence-corrected chi connectivity index (χ2v) is 6.76. The van der Waals surface area contributed by atoms with Gasteiger partial charge in [0.25, 0.3) is 5.91 Å². The Morgan fingerprint density at radius 2 is 1.96 bits per heavy atom. The van der Waals surface area contributed by atoms with Gasteiger partial charge in [-0.2, -0.15) is 0 Å². The molecule has 5 heteroatoms. The van der Waals surface area contributed by atoms with E-state index in [1.807, 2.05) is 18.2 Å². The van der Waals surface area contributed by atoms with E-state index in [4.69, 9.17) is 0 Å². The monoisotopic (exact) mass is 315 g/mol. The first-order chi connectivity index (χ1) is 11.1. The van der Waals surface area contributed by atoms with Gasteiger partial charge in [0.15, 0.2) is 0 Å². The van der Waals surface area contributed by atoms with Gasteiger partial charge in [-0.05, 0) is 51.4 Å². The first-order valence-electron chi connectivity index (χ1n) is 8.42. The summed E-state index contributed by atoms with van der Waals surface area (Å²) in [5, 5.41) is 3.13. The van der Waals surface area contributed by atoms with Gasteiger partial charge in [-0.1, -0.05) is 12.1 Å². The Morgan fingerprint density at radius 3 is 2.65 bits per heavy atom. The highest BCUT2D eigenvalue weighted by atomic mass is 16.2. The van der Waals surface area contributed by atoms with Gasteiger partial charge in [0, 0.05) is 25.6 Å². The summed E-state index contributed by atoms with van der Waals surface area (Å²) in [6.07, 6.45) is 4.04. The fraction of sp³-hybridized carbons (Fsp3) is 0.556. The average Bonchev–Trinajstić information content (AvgIpc) is 3.38. The topological polar surface area (TPSA) is 52.7 Å². The lowest BCUT2D eigenvalue weighted by molar-refractivity contribution is -0.119. The van der Waals surface area contributed by atoms with Crippen molar-refractivity contribution in [2.45, 2.75) is 31.7 Å². The molecule has 1 unspecified atom stereocenters. The molecule has 0 spiro atoms. The van der Waals surface area contributed by atoms with Crippen LogP contribution in [0.5, 0.6) is 0 Å². The van der Waals surface area contributed by atoms with E-state index in [1.165, 1.54) is 0 Å². The molecule has 1 aromatic carbocycles. The van der Waals surface area contributed by atoms with Crippen molar-refractivity contribution in [3.8, 4) is 0 Å². The van der Waals surface area contributed by atoms with Gasteiger partial charge < -0.3 is 15.1 Å². The van der Waals surface area contributed by atoms with Gasteiger partial charge >= 0.3 is 0 Å². The zero-order chi connectivity index (χ0) is 16.4. The normalized spacial score (nSPS) is 21.7. The Morgan fingerprint density at radius 1 is 1.22 bits per heavy atom. The van der Waals surface area contributed by atoms with E-state index in [9.17, 15) is 9.59 Å². The summed E-state index contributed by atoms with van der Waals surface area (Å²) in [5.41, 5.74) is 1.28. The van der Waals surface area contributed by atoms with Crippen LogP contribution in [0.4, 0.5) is 5.69 Å². The summed E-state index contributed by atoms with van der Waals surface area (Å²) in [7, 11) is 3.84. The van der Waals surface area contributed by atoms with Crippen molar-refractivity contribution in [3.63, 3.8) is 0 Å². The van der Waals surface area contributed by atoms with Crippen molar-refractivity contribution >= 4 is 17.5 Å². The lowest BCUT2D eigenvalue weighted by Gasteiger charge is -2.30. The maximum atomic E-state index is 12.7. The van der Waals surface area contributed by atoms with Gasteiger partial charge in [0.05, 0.1) is 11.3 Å². The highest BCUT2D eigenvalue weighted by molar-refractivity contribution is 6.05. The quantitative estimate of drug-likeness (QED) is 0.923. The molecule has 0 aromatic heterocycles. The maximum Gasteiger partial charge on any atom is 0.253 e. The predicted molar refractivity (Wildman–Crippen MR) is 90.6 cm³/mol. The highest BCUT2D eigenvalue weighted by Gasteiger charge is 2.33. The largest absolute Gasteiger partial charge is 0.348 e. The van der Waals surface area contributed by atoms with E-state index >= 15 is 0 Å². The summed E-state index contributed by atoms with van der Waals surface area (Å²) in [6, 6.07) is 7.55. The molecule has 2 aliphatic rings. The van der Waals surface area contributed by atoms with Crippen molar-refractivity contribution < 1.29 is 9.59 Å². The smallest absolute Gasteiger partial charge is 0.253 e. The Bertz CT molecular complexity index is 598. The SMILES string of the molecule is CN1CCCC(NC(=O)c2ccccc2N(C)C(=O)C2CC2)C1. The van der Waals surface area contributed by atoms with Gasteiger partial charge in [-0.25, -0.2) is 0 Å². The number of likely N-dealkylation sites (tertiary alicyclic amines) is 1. The van der Waals surface area contributed by atoms with Gasteiger partial charge in [0.2, 0.25) is 5.91 Å². The molecule has 1 aliphatic heterocycles. The highest BCUT2D eigenvalue weighted by Crippen LogP contribution is 2.33. The number of rotatable bonds is 4. The van der Waals surface area contributed by atoms with Gasteiger partial charge in [0.1, 0.15) is 0 Å². The Hall–Kier alpha value is -1.88. The standard InChI is InChI=1S/C18H25N3O2/c1-20-11-5-6-14(12-20)19-17(22)15-7-3-4-8-16(15)21(2)18(23)13-9-10-13/h3-4,7-8,13-14H,5-6,9-12H2,1-2H3,(H,19,22). The summed E-state index contributed by atoms with van der Waals surface area (Å²) in [4.78, 5) is 28.9. The molecule has 1 atom stereocenters. The van der Waals surface area contributed by atoms with Gasteiger partial charge in [-0.3, -0.25) is 9.59 Å². The average molecular weight is 315 g/mol. The molecule has 0 radical (unpaired) electrons. The minimum atomic E-state index is -0.0867.